The molecule has 2 rings (SSSR count). The molecular formula is C14H14ClN3O. The van der Waals surface area contributed by atoms with Crippen molar-refractivity contribution >= 4 is 23.2 Å². The van der Waals surface area contributed by atoms with Crippen LogP contribution in [0, 0.1) is 20.8 Å². The standard InChI is InChI=1S/C14H14ClN3O/c1-8-6-9(2)17-10(3)13(8)18-14(19)11-4-5-16-12(15)7-11/h4-7H,1-3H3,(H,18,19). The van der Waals surface area contributed by atoms with Crippen LogP contribution in [0.15, 0.2) is 24.4 Å². The van der Waals surface area contributed by atoms with Crippen LogP contribution in [0.1, 0.15) is 27.3 Å². The van der Waals surface area contributed by atoms with Crippen molar-refractivity contribution in [3.63, 3.8) is 0 Å². The minimum Gasteiger partial charge on any atom is -0.320 e. The van der Waals surface area contributed by atoms with Gasteiger partial charge in [0, 0.05) is 17.5 Å². The van der Waals surface area contributed by atoms with Gasteiger partial charge in [-0.2, -0.15) is 0 Å². The van der Waals surface area contributed by atoms with E-state index in [1.165, 1.54) is 12.3 Å². The Morgan fingerprint density at radius 2 is 2.00 bits per heavy atom. The van der Waals surface area contributed by atoms with Crippen LogP contribution in [0.3, 0.4) is 0 Å². The number of hydrogen-bond donors (Lipinski definition) is 1. The van der Waals surface area contributed by atoms with Crippen molar-refractivity contribution in [2.75, 3.05) is 5.32 Å². The number of nitrogens with one attached hydrogen (secondary N) is 1. The lowest BCUT2D eigenvalue weighted by atomic mass is 10.1. The zero-order valence-corrected chi connectivity index (χ0v) is 11.7. The Hall–Kier alpha value is -1.94. The summed E-state index contributed by atoms with van der Waals surface area (Å²) in [4.78, 5) is 20.3. The third-order valence-electron chi connectivity index (χ3n) is 2.75. The summed E-state index contributed by atoms with van der Waals surface area (Å²) in [6.45, 7) is 5.74. The zero-order chi connectivity index (χ0) is 14.0. The number of amides is 1. The molecule has 0 saturated carbocycles. The average Bonchev–Trinajstić information content (AvgIpc) is 2.33. The molecule has 0 aromatic carbocycles. The van der Waals surface area contributed by atoms with E-state index < -0.39 is 0 Å². The normalized spacial score (nSPS) is 10.3. The van der Waals surface area contributed by atoms with Gasteiger partial charge in [-0.1, -0.05) is 11.6 Å². The molecule has 0 fully saturated rings. The smallest absolute Gasteiger partial charge is 0.255 e. The maximum Gasteiger partial charge on any atom is 0.255 e. The first-order valence-electron chi connectivity index (χ1n) is 5.85. The average molecular weight is 276 g/mol. The summed E-state index contributed by atoms with van der Waals surface area (Å²) in [5.41, 5.74) is 3.92. The molecular weight excluding hydrogens is 262 g/mol. The molecule has 0 saturated heterocycles. The van der Waals surface area contributed by atoms with E-state index >= 15 is 0 Å². The number of nitrogens with zero attached hydrogens (tertiary/aromatic N) is 2. The lowest BCUT2D eigenvalue weighted by molar-refractivity contribution is 0.102. The molecule has 2 aromatic heterocycles. The molecule has 1 amide bonds. The molecule has 0 aliphatic heterocycles. The first kappa shape index (κ1) is 13.5. The van der Waals surface area contributed by atoms with Gasteiger partial charge in [-0.3, -0.25) is 9.78 Å². The predicted molar refractivity (Wildman–Crippen MR) is 75.6 cm³/mol. The fourth-order valence-corrected chi connectivity index (χ4v) is 2.12. The number of rotatable bonds is 2. The van der Waals surface area contributed by atoms with Gasteiger partial charge in [-0.25, -0.2) is 4.98 Å². The molecule has 0 radical (unpaired) electrons. The fraction of sp³-hybridized carbons (Fsp3) is 0.214. The molecule has 1 N–H and O–H groups in total. The molecule has 0 aliphatic rings. The van der Waals surface area contributed by atoms with E-state index in [9.17, 15) is 4.79 Å². The highest BCUT2D eigenvalue weighted by molar-refractivity contribution is 6.29. The van der Waals surface area contributed by atoms with E-state index in [0.717, 1.165) is 22.6 Å². The fourth-order valence-electron chi connectivity index (χ4n) is 1.94. The number of carbonyl (C=O) groups is 1. The van der Waals surface area contributed by atoms with Crippen molar-refractivity contribution < 1.29 is 4.79 Å². The highest BCUT2D eigenvalue weighted by Gasteiger charge is 2.11. The van der Waals surface area contributed by atoms with E-state index in [-0.39, 0.29) is 5.91 Å². The molecule has 2 aromatic rings. The Morgan fingerprint density at radius 1 is 1.26 bits per heavy atom. The van der Waals surface area contributed by atoms with Crippen molar-refractivity contribution in [1.29, 1.82) is 0 Å². The summed E-state index contributed by atoms with van der Waals surface area (Å²) in [6.07, 6.45) is 1.50. The summed E-state index contributed by atoms with van der Waals surface area (Å²) in [5.74, 6) is -0.221. The molecule has 0 aliphatic carbocycles. The highest BCUT2D eigenvalue weighted by atomic mass is 35.5. The van der Waals surface area contributed by atoms with E-state index in [0.29, 0.717) is 10.7 Å². The van der Waals surface area contributed by atoms with Crippen LogP contribution in [0.2, 0.25) is 5.15 Å². The number of aromatic nitrogens is 2. The number of aryl methyl sites for hydroxylation is 3. The van der Waals surface area contributed by atoms with Gasteiger partial charge in [0.25, 0.3) is 5.91 Å². The van der Waals surface area contributed by atoms with Crippen LogP contribution in [-0.4, -0.2) is 15.9 Å². The lowest BCUT2D eigenvalue weighted by Gasteiger charge is -2.12. The maximum absolute atomic E-state index is 12.1. The third kappa shape index (κ3) is 3.09. The summed E-state index contributed by atoms with van der Waals surface area (Å²) in [7, 11) is 0. The van der Waals surface area contributed by atoms with E-state index in [4.69, 9.17) is 11.6 Å². The van der Waals surface area contributed by atoms with Gasteiger partial charge in [0.2, 0.25) is 0 Å². The van der Waals surface area contributed by atoms with Crippen molar-refractivity contribution in [2.45, 2.75) is 20.8 Å². The molecule has 0 unspecified atom stereocenters. The Kier molecular flexibility index (Phi) is 3.81. The number of halogens is 1. The van der Waals surface area contributed by atoms with E-state index in [2.05, 4.69) is 15.3 Å². The largest absolute Gasteiger partial charge is 0.320 e. The van der Waals surface area contributed by atoms with Crippen LogP contribution in [-0.2, 0) is 0 Å². The topological polar surface area (TPSA) is 54.9 Å². The molecule has 5 heteroatoms. The van der Waals surface area contributed by atoms with Gasteiger partial charge < -0.3 is 5.32 Å². The van der Waals surface area contributed by atoms with E-state index in [1.807, 2.05) is 26.8 Å². The number of hydrogen-bond acceptors (Lipinski definition) is 3. The predicted octanol–water partition coefficient (Wildman–Crippen LogP) is 3.31. The lowest BCUT2D eigenvalue weighted by Crippen LogP contribution is -2.14. The molecule has 0 bridgehead atoms. The third-order valence-corrected chi connectivity index (χ3v) is 2.96. The molecule has 2 heterocycles. The van der Waals surface area contributed by atoms with Crippen LogP contribution < -0.4 is 5.32 Å². The van der Waals surface area contributed by atoms with Gasteiger partial charge in [0.15, 0.2) is 0 Å². The number of carbonyl (C=O) groups excluding carboxylic acids is 1. The monoisotopic (exact) mass is 275 g/mol. The Labute approximate surface area is 116 Å². The van der Waals surface area contributed by atoms with Crippen LogP contribution in [0.5, 0.6) is 0 Å². The minimum absolute atomic E-state index is 0.221. The molecule has 98 valence electrons. The van der Waals surface area contributed by atoms with Crippen LogP contribution >= 0.6 is 11.6 Å². The molecule has 4 nitrogen and oxygen atoms in total. The SMILES string of the molecule is Cc1cc(C)c(NC(=O)c2ccnc(Cl)c2)c(C)n1. The van der Waals surface area contributed by atoms with Gasteiger partial charge in [-0.05, 0) is 44.5 Å². The van der Waals surface area contributed by atoms with Gasteiger partial charge in [0.1, 0.15) is 5.15 Å². The minimum atomic E-state index is -0.221. The Balaban J connectivity index is 2.29. The van der Waals surface area contributed by atoms with Crippen LogP contribution in [0.25, 0.3) is 0 Å². The number of anilines is 1. The van der Waals surface area contributed by atoms with Crippen molar-refractivity contribution in [3.05, 3.63) is 52.1 Å². The quantitative estimate of drug-likeness (QED) is 0.856. The molecule has 0 spiro atoms. The number of pyridine rings is 2. The van der Waals surface area contributed by atoms with Crippen molar-refractivity contribution in [3.8, 4) is 0 Å². The van der Waals surface area contributed by atoms with E-state index in [1.54, 1.807) is 6.07 Å². The van der Waals surface area contributed by atoms with Gasteiger partial charge in [0.05, 0.1) is 11.4 Å². The van der Waals surface area contributed by atoms with Crippen molar-refractivity contribution in [1.82, 2.24) is 9.97 Å². The Morgan fingerprint density at radius 3 is 2.63 bits per heavy atom. The van der Waals surface area contributed by atoms with Crippen LogP contribution in [0.4, 0.5) is 5.69 Å². The summed E-state index contributed by atoms with van der Waals surface area (Å²) in [6, 6.07) is 5.08. The highest BCUT2D eigenvalue weighted by Crippen LogP contribution is 2.20. The zero-order valence-electron chi connectivity index (χ0n) is 11.0. The molecule has 0 atom stereocenters. The summed E-state index contributed by atoms with van der Waals surface area (Å²) in [5, 5.41) is 3.16. The molecule has 19 heavy (non-hydrogen) atoms. The van der Waals surface area contributed by atoms with Gasteiger partial charge in [-0.15, -0.1) is 0 Å². The second-order valence-corrected chi connectivity index (χ2v) is 4.75. The summed E-state index contributed by atoms with van der Waals surface area (Å²) < 4.78 is 0. The second-order valence-electron chi connectivity index (χ2n) is 4.36. The van der Waals surface area contributed by atoms with Crippen molar-refractivity contribution in [2.24, 2.45) is 0 Å². The Bertz CT molecular complexity index is 617. The summed E-state index contributed by atoms with van der Waals surface area (Å²) >= 11 is 5.77. The van der Waals surface area contributed by atoms with Gasteiger partial charge >= 0.3 is 0 Å². The second kappa shape index (κ2) is 5.36. The first-order chi connectivity index (χ1) is 8.97. The maximum atomic E-state index is 12.1. The first-order valence-corrected chi connectivity index (χ1v) is 6.23.